The van der Waals surface area contributed by atoms with Gasteiger partial charge in [-0.2, -0.15) is 5.06 Å². The first-order chi connectivity index (χ1) is 18.0. The largest absolute Gasteiger partial charge is 0.341 e. The van der Waals surface area contributed by atoms with Crippen molar-refractivity contribution in [1.82, 2.24) is 25.5 Å². The van der Waals surface area contributed by atoms with Gasteiger partial charge in [0.1, 0.15) is 0 Å². The third-order valence-electron chi connectivity index (χ3n) is 8.70. The van der Waals surface area contributed by atoms with Crippen LogP contribution in [0.5, 0.6) is 0 Å². The molecule has 37 heavy (non-hydrogen) atoms. The van der Waals surface area contributed by atoms with Crippen LogP contribution in [0, 0.1) is 0 Å². The SMILES string of the molecule is CON(C)CCN(C1CCCCC1)C1CCN(C(=O)[C@@H](Cc2ccc(Cl)cc2)NC2CCNCC2)CC1. The van der Waals surface area contributed by atoms with E-state index in [4.69, 9.17) is 16.4 Å². The van der Waals surface area contributed by atoms with Crippen molar-refractivity contribution in [1.29, 1.82) is 0 Å². The molecule has 1 aromatic carbocycles. The second-order valence-corrected chi connectivity index (χ2v) is 11.6. The Morgan fingerprint density at radius 3 is 2.32 bits per heavy atom. The first-order valence-corrected chi connectivity index (χ1v) is 14.9. The smallest absolute Gasteiger partial charge is 0.240 e. The summed E-state index contributed by atoms with van der Waals surface area (Å²) in [5.74, 6) is 0.260. The topological polar surface area (TPSA) is 60.1 Å². The lowest BCUT2D eigenvalue weighted by Gasteiger charge is -2.44. The second kappa shape index (κ2) is 14.8. The molecular weight excluding hydrogens is 486 g/mol. The molecule has 2 aliphatic heterocycles. The Labute approximate surface area is 229 Å². The number of rotatable bonds is 11. The van der Waals surface area contributed by atoms with Gasteiger partial charge in [0, 0.05) is 56.4 Å². The van der Waals surface area contributed by atoms with Crippen molar-refractivity contribution in [2.45, 2.75) is 88.4 Å². The summed E-state index contributed by atoms with van der Waals surface area (Å²) in [5.41, 5.74) is 1.16. The Kier molecular flexibility index (Phi) is 11.5. The monoisotopic (exact) mass is 533 g/mol. The van der Waals surface area contributed by atoms with Gasteiger partial charge in [0.15, 0.2) is 0 Å². The maximum absolute atomic E-state index is 13.9. The Morgan fingerprint density at radius 1 is 1.03 bits per heavy atom. The number of hydroxylamine groups is 2. The summed E-state index contributed by atoms with van der Waals surface area (Å²) in [5, 5.41) is 9.85. The number of nitrogens with zero attached hydrogens (tertiary/aromatic N) is 3. The van der Waals surface area contributed by atoms with Crippen molar-refractivity contribution in [3.05, 3.63) is 34.9 Å². The number of likely N-dealkylation sites (N-methyl/N-ethyl adjacent to an activating group) is 1. The average Bonchev–Trinajstić information content (AvgIpc) is 2.95. The Bertz CT molecular complexity index is 805. The van der Waals surface area contributed by atoms with Gasteiger partial charge in [-0.3, -0.25) is 9.69 Å². The average molecular weight is 534 g/mol. The van der Waals surface area contributed by atoms with E-state index >= 15 is 0 Å². The highest BCUT2D eigenvalue weighted by molar-refractivity contribution is 6.30. The van der Waals surface area contributed by atoms with Gasteiger partial charge >= 0.3 is 0 Å². The summed E-state index contributed by atoms with van der Waals surface area (Å²) in [4.78, 5) is 24.2. The summed E-state index contributed by atoms with van der Waals surface area (Å²) >= 11 is 6.12. The van der Waals surface area contributed by atoms with Crippen molar-refractivity contribution in [3.63, 3.8) is 0 Å². The number of carbonyl (C=O) groups excluding carboxylic acids is 1. The Hall–Kier alpha value is -1.22. The van der Waals surface area contributed by atoms with E-state index < -0.39 is 0 Å². The standard InChI is InChI=1S/C29H48ClN5O2/c1-33(37-2)20-21-35(26-6-4-3-5-7-26)27-14-18-34(19-15-27)29(36)28(32-25-12-16-31-17-13-25)22-23-8-10-24(30)11-9-23/h8-11,25-28,31-32H,3-7,12-22H2,1-2H3/t28-/m1/s1. The molecule has 2 saturated heterocycles. The number of likely N-dealkylation sites (tertiary alicyclic amines) is 1. The maximum atomic E-state index is 13.9. The van der Waals surface area contributed by atoms with Crippen LogP contribution in [0.15, 0.2) is 24.3 Å². The van der Waals surface area contributed by atoms with Crippen LogP contribution in [-0.4, -0.2) is 98.4 Å². The normalized spacial score (nSPS) is 21.6. The van der Waals surface area contributed by atoms with E-state index in [0.29, 0.717) is 24.5 Å². The van der Waals surface area contributed by atoms with E-state index in [1.165, 1.54) is 32.1 Å². The number of carbonyl (C=O) groups is 1. The molecule has 2 heterocycles. The fourth-order valence-electron chi connectivity index (χ4n) is 6.41. The van der Waals surface area contributed by atoms with Crippen molar-refractivity contribution in [3.8, 4) is 0 Å². The van der Waals surface area contributed by atoms with Crippen LogP contribution in [-0.2, 0) is 16.1 Å². The molecular formula is C29H48ClN5O2. The fraction of sp³-hybridized carbons (Fsp3) is 0.759. The van der Waals surface area contributed by atoms with E-state index in [1.54, 1.807) is 7.11 Å². The number of nitrogens with one attached hydrogen (secondary N) is 2. The van der Waals surface area contributed by atoms with Gasteiger partial charge in [0.25, 0.3) is 0 Å². The van der Waals surface area contributed by atoms with Gasteiger partial charge in [-0.15, -0.1) is 0 Å². The van der Waals surface area contributed by atoms with Crippen LogP contribution in [0.1, 0.15) is 63.4 Å². The molecule has 4 rings (SSSR count). The van der Waals surface area contributed by atoms with Gasteiger partial charge < -0.3 is 20.4 Å². The molecule has 1 aliphatic carbocycles. The number of halogens is 1. The third kappa shape index (κ3) is 8.64. The van der Waals surface area contributed by atoms with Crippen molar-refractivity contribution < 1.29 is 9.63 Å². The molecule has 208 valence electrons. The first kappa shape index (κ1) is 28.8. The summed E-state index contributed by atoms with van der Waals surface area (Å²) in [6.07, 6.45) is 11.6. The van der Waals surface area contributed by atoms with E-state index in [9.17, 15) is 4.79 Å². The molecule has 1 aromatic rings. The number of hydrogen-bond acceptors (Lipinski definition) is 6. The fourth-order valence-corrected chi connectivity index (χ4v) is 6.53. The number of amides is 1. The molecule has 1 atom stereocenters. The van der Waals surface area contributed by atoms with Crippen LogP contribution in [0.25, 0.3) is 0 Å². The molecule has 2 N–H and O–H groups in total. The zero-order valence-electron chi connectivity index (χ0n) is 23.0. The predicted octanol–water partition coefficient (Wildman–Crippen LogP) is 3.71. The van der Waals surface area contributed by atoms with Crippen LogP contribution in [0.3, 0.4) is 0 Å². The summed E-state index contributed by atoms with van der Waals surface area (Å²) in [6, 6.07) is 9.38. The van der Waals surface area contributed by atoms with Crippen molar-refractivity contribution >= 4 is 17.5 Å². The molecule has 8 heteroatoms. The third-order valence-corrected chi connectivity index (χ3v) is 8.95. The number of hydrogen-bond donors (Lipinski definition) is 2. The lowest BCUT2D eigenvalue weighted by Crippen LogP contribution is -2.57. The summed E-state index contributed by atoms with van der Waals surface area (Å²) in [6.45, 7) is 5.66. The summed E-state index contributed by atoms with van der Waals surface area (Å²) < 4.78 is 0. The predicted molar refractivity (Wildman–Crippen MR) is 151 cm³/mol. The maximum Gasteiger partial charge on any atom is 0.240 e. The van der Waals surface area contributed by atoms with E-state index in [1.807, 2.05) is 24.2 Å². The first-order valence-electron chi connectivity index (χ1n) is 14.5. The number of piperidine rings is 2. The highest BCUT2D eigenvalue weighted by Crippen LogP contribution is 2.28. The molecule has 3 fully saturated rings. The Morgan fingerprint density at radius 2 is 1.68 bits per heavy atom. The zero-order chi connectivity index (χ0) is 26.0. The zero-order valence-corrected chi connectivity index (χ0v) is 23.7. The van der Waals surface area contributed by atoms with Crippen molar-refractivity contribution in [2.75, 3.05) is 53.4 Å². The minimum Gasteiger partial charge on any atom is -0.341 e. The molecule has 1 saturated carbocycles. The second-order valence-electron chi connectivity index (χ2n) is 11.2. The van der Waals surface area contributed by atoms with Crippen LogP contribution >= 0.6 is 11.6 Å². The van der Waals surface area contributed by atoms with Crippen LogP contribution < -0.4 is 10.6 Å². The quantitative estimate of drug-likeness (QED) is 0.423. The molecule has 0 bridgehead atoms. The minimum atomic E-state index is -0.189. The van der Waals surface area contributed by atoms with Crippen LogP contribution in [0.2, 0.25) is 5.02 Å². The minimum absolute atomic E-state index is 0.189. The Balaban J connectivity index is 1.38. The van der Waals surface area contributed by atoms with Gasteiger partial charge in [-0.1, -0.05) is 43.0 Å². The van der Waals surface area contributed by atoms with E-state index in [0.717, 1.165) is 75.5 Å². The van der Waals surface area contributed by atoms with Gasteiger partial charge in [-0.25, -0.2) is 0 Å². The molecule has 0 spiro atoms. The van der Waals surface area contributed by atoms with E-state index in [-0.39, 0.29) is 11.9 Å². The molecule has 3 aliphatic rings. The van der Waals surface area contributed by atoms with Crippen LogP contribution in [0.4, 0.5) is 0 Å². The van der Waals surface area contributed by atoms with Gasteiger partial charge in [0.05, 0.1) is 13.2 Å². The van der Waals surface area contributed by atoms with E-state index in [2.05, 4.69) is 32.6 Å². The highest BCUT2D eigenvalue weighted by atomic mass is 35.5. The highest BCUT2D eigenvalue weighted by Gasteiger charge is 2.34. The molecule has 7 nitrogen and oxygen atoms in total. The van der Waals surface area contributed by atoms with Gasteiger partial charge in [0.2, 0.25) is 5.91 Å². The number of benzene rings is 1. The lowest BCUT2D eigenvalue weighted by molar-refractivity contribution is -0.136. The molecule has 0 unspecified atom stereocenters. The molecule has 0 aromatic heterocycles. The lowest BCUT2D eigenvalue weighted by atomic mass is 9.91. The summed E-state index contributed by atoms with van der Waals surface area (Å²) in [7, 11) is 3.75. The molecule has 0 radical (unpaired) electrons. The van der Waals surface area contributed by atoms with Gasteiger partial charge in [-0.05, 0) is 75.7 Å². The molecule has 1 amide bonds. The van der Waals surface area contributed by atoms with Crippen molar-refractivity contribution in [2.24, 2.45) is 0 Å².